The van der Waals surface area contributed by atoms with Crippen LogP contribution in [0.15, 0.2) is 59.6 Å². The first-order valence-corrected chi connectivity index (χ1v) is 30.0. The lowest BCUT2D eigenvalue weighted by molar-refractivity contribution is -0.141. The maximum absolute atomic E-state index is 14.7. The van der Waals surface area contributed by atoms with Gasteiger partial charge in [-0.2, -0.15) is 0 Å². The second-order valence-electron chi connectivity index (χ2n) is 21.1. The van der Waals surface area contributed by atoms with Gasteiger partial charge in [-0.3, -0.25) is 19.2 Å². The fourth-order valence-electron chi connectivity index (χ4n) is 9.65. The first-order valence-electron chi connectivity index (χ1n) is 25.7. The van der Waals surface area contributed by atoms with Crippen molar-refractivity contribution in [2.24, 2.45) is 35.5 Å². The predicted octanol–water partition coefficient (Wildman–Crippen LogP) is 10.3. The Morgan fingerprint density at radius 1 is 0.606 bits per heavy atom. The van der Waals surface area contributed by atoms with Gasteiger partial charge < -0.3 is 30.6 Å². The molecule has 0 aliphatic carbocycles. The molecule has 2 saturated heterocycles. The zero-order chi connectivity index (χ0) is 51.2. The number of carbonyl (C=O) groups is 4. The molecular weight excluding hydrogens is 969 g/mol. The second-order valence-corrected chi connectivity index (χ2v) is 25.3. The minimum Gasteiger partial charge on any atom is -0.391 e. The Morgan fingerprint density at radius 3 is 1.44 bits per heavy atom. The molecule has 2 aliphatic rings. The molecule has 8 atom stereocenters. The molecule has 4 amide bonds. The van der Waals surface area contributed by atoms with Crippen LogP contribution < -0.4 is 10.6 Å². The average Bonchev–Trinajstić information content (AvgIpc) is 4.17. The van der Waals surface area contributed by atoms with Gasteiger partial charge in [-0.15, -0.1) is 22.7 Å². The molecule has 16 heteroatoms. The summed E-state index contributed by atoms with van der Waals surface area (Å²) in [5.41, 5.74) is 9.66. The highest BCUT2D eigenvalue weighted by Crippen LogP contribution is 2.36. The zero-order valence-electron chi connectivity index (χ0n) is 43.1. The third kappa shape index (κ3) is 16.6. The van der Waals surface area contributed by atoms with Crippen LogP contribution in [0, 0.1) is 49.4 Å². The minimum absolute atomic E-state index is 0.107. The lowest BCUT2D eigenvalue weighted by atomic mass is 9.90. The molecule has 4 aromatic rings. The maximum Gasteiger partial charge on any atom is 0.243 e. The number of amides is 4. The minimum atomic E-state index is -0.798. The van der Waals surface area contributed by atoms with E-state index in [0.717, 1.165) is 75.5 Å². The van der Waals surface area contributed by atoms with E-state index in [2.05, 4.69) is 62.1 Å². The first kappa shape index (κ1) is 56.5. The number of likely N-dealkylation sites (tertiary alicyclic amines) is 2. The van der Waals surface area contributed by atoms with Gasteiger partial charge in [0, 0.05) is 62.4 Å². The fraction of sp³-hybridized carbons (Fsp3) is 0.600. The summed E-state index contributed by atoms with van der Waals surface area (Å²) in [4.78, 5) is 71.1. The molecule has 6 rings (SSSR count). The Hall–Kier alpha value is -3.80. The first-order chi connectivity index (χ1) is 34.0. The van der Waals surface area contributed by atoms with E-state index in [0.29, 0.717) is 55.2 Å². The number of aryl methyl sites for hydroxylation is 2. The van der Waals surface area contributed by atoms with Crippen LogP contribution in [0.5, 0.6) is 0 Å². The monoisotopic (exact) mass is 1050 g/mol. The van der Waals surface area contributed by atoms with Gasteiger partial charge >= 0.3 is 0 Å². The molecule has 71 heavy (non-hydrogen) atoms. The van der Waals surface area contributed by atoms with Gasteiger partial charge in [-0.1, -0.05) is 137 Å². The van der Waals surface area contributed by atoms with Gasteiger partial charge in [0.1, 0.15) is 12.1 Å². The average molecular weight is 1050 g/mol. The van der Waals surface area contributed by atoms with Crippen molar-refractivity contribution >= 4 is 67.9 Å². The van der Waals surface area contributed by atoms with Crippen LogP contribution in [0.2, 0.25) is 0 Å². The van der Waals surface area contributed by atoms with Crippen LogP contribution in [0.4, 0.5) is 0 Å². The second kappa shape index (κ2) is 27.5. The normalized spacial score (nSPS) is 19.8. The molecule has 0 bridgehead atoms. The number of nitrogens with zero attached hydrogens (tertiary/aromatic N) is 4. The third-order valence-electron chi connectivity index (χ3n) is 14.1. The van der Waals surface area contributed by atoms with E-state index < -0.39 is 30.2 Å². The van der Waals surface area contributed by atoms with Gasteiger partial charge in [0.2, 0.25) is 23.6 Å². The number of benzene rings is 2. The van der Waals surface area contributed by atoms with Crippen molar-refractivity contribution in [3.05, 3.63) is 82.1 Å². The summed E-state index contributed by atoms with van der Waals surface area (Å²) in [6.45, 7) is 18.1. The Balaban J connectivity index is 1.10. The van der Waals surface area contributed by atoms with E-state index in [4.69, 9.17) is 0 Å². The summed E-state index contributed by atoms with van der Waals surface area (Å²) in [5, 5.41) is 27.9. The summed E-state index contributed by atoms with van der Waals surface area (Å²) in [6.07, 6.45) is 5.17. The van der Waals surface area contributed by atoms with Crippen LogP contribution in [-0.4, -0.2) is 102 Å². The van der Waals surface area contributed by atoms with Crippen LogP contribution in [-0.2, 0) is 32.3 Å². The number of carbonyl (C=O) groups excluding carboxylic acids is 4. The summed E-state index contributed by atoms with van der Waals surface area (Å²) < 4.78 is 0. The predicted molar refractivity (Wildman–Crippen MR) is 293 cm³/mol. The molecule has 4 N–H and O–H groups in total. The molecule has 4 heterocycles. The summed E-state index contributed by atoms with van der Waals surface area (Å²) >= 11 is 3.19. The molecule has 0 saturated carbocycles. The van der Waals surface area contributed by atoms with Crippen molar-refractivity contribution in [2.45, 2.75) is 151 Å². The Bertz CT molecular complexity index is 2320. The van der Waals surface area contributed by atoms with E-state index in [1.807, 2.05) is 73.4 Å². The van der Waals surface area contributed by atoms with E-state index in [1.165, 1.54) is 0 Å². The third-order valence-corrected chi connectivity index (χ3v) is 18.6. The molecule has 2 fully saturated rings. The van der Waals surface area contributed by atoms with Crippen LogP contribution in [0.3, 0.4) is 0 Å². The molecule has 2 unspecified atom stereocenters. The molecule has 2 aromatic heterocycles. The number of aromatic nitrogens is 2. The highest BCUT2D eigenvalue weighted by molar-refractivity contribution is 8.76. The Labute approximate surface area is 438 Å². The van der Waals surface area contributed by atoms with Gasteiger partial charge in [-0.05, 0) is 79.0 Å². The summed E-state index contributed by atoms with van der Waals surface area (Å²) in [7, 11) is 3.17. The number of thiazole rings is 2. The largest absolute Gasteiger partial charge is 0.391 e. The molecule has 388 valence electrons. The van der Waals surface area contributed by atoms with E-state index in [9.17, 15) is 29.4 Å². The fourth-order valence-corrected chi connectivity index (χ4v) is 13.9. The molecule has 2 aromatic carbocycles. The van der Waals surface area contributed by atoms with Crippen molar-refractivity contribution in [1.82, 2.24) is 30.4 Å². The van der Waals surface area contributed by atoms with Crippen molar-refractivity contribution in [1.29, 1.82) is 0 Å². The Morgan fingerprint density at radius 2 is 1.01 bits per heavy atom. The lowest BCUT2D eigenvalue weighted by Crippen LogP contribution is -2.48. The van der Waals surface area contributed by atoms with E-state index in [1.54, 1.807) is 54.1 Å². The highest BCUT2D eigenvalue weighted by atomic mass is 33.1. The Kier molecular flexibility index (Phi) is 21.9. The van der Waals surface area contributed by atoms with Crippen molar-refractivity contribution in [3.8, 4) is 20.9 Å². The molecule has 12 nitrogen and oxygen atoms in total. The number of hydrogen-bond donors (Lipinski definition) is 4. The smallest absolute Gasteiger partial charge is 0.243 e. The number of aliphatic hydroxyl groups excluding tert-OH is 2. The molecule has 0 spiro atoms. The van der Waals surface area contributed by atoms with E-state index >= 15 is 0 Å². The number of aliphatic hydroxyl groups is 2. The summed E-state index contributed by atoms with van der Waals surface area (Å²) in [6, 6.07) is 14.6. The van der Waals surface area contributed by atoms with Crippen molar-refractivity contribution in [3.63, 3.8) is 0 Å². The molecular formula is C55H78N6O6S4. The topological polar surface area (TPSA) is 165 Å². The molecule has 2 aliphatic heterocycles. The SMILES string of the molecule is Cc1ncsc1-c1ccc(CNC(=O)[C@H]2C[C@H](O)CN2C(=O)[C@@H](CSSC[C@H](CCC(C)CCC(C)C)C(=O)N2C[C@H](O)C[C@H]2C(=O)NCc2ccc(-c3scnc3C)cc2)CC(C)CCC(C)C)cc1. The number of β-amino-alcohol motifs (C(OH)–C–C–N with tert-alkyl or cyclic N) is 2. The summed E-state index contributed by atoms with van der Waals surface area (Å²) in [5.74, 6) is 1.26. The van der Waals surface area contributed by atoms with Crippen LogP contribution >= 0.6 is 44.3 Å². The van der Waals surface area contributed by atoms with Gasteiger partial charge in [-0.25, -0.2) is 9.97 Å². The molecule has 0 radical (unpaired) electrons. The lowest BCUT2D eigenvalue weighted by Gasteiger charge is -2.30. The van der Waals surface area contributed by atoms with Gasteiger partial charge in [0.25, 0.3) is 0 Å². The van der Waals surface area contributed by atoms with Crippen LogP contribution in [0.25, 0.3) is 20.9 Å². The standard InChI is InChI=1S/C55H78N6O6S4/c1-34(2)9-11-36(5)13-18-44(54(66)60-28-46(62)24-48(60)52(64)56-26-40-14-19-42(20-15-40)50-38(7)58-32-68-50)30-70-71-31-45(23-37(6)12-10-35(3)4)55(67)61-29-47(63)25-49(61)53(65)57-27-41-16-21-43(22-17-41)51-39(8)59-33-69-51/h14-17,19-22,32-37,44-49,62-63H,9-13,18,23-31H2,1-8H3,(H,56,64)(H,57,65)/t36?,37?,44-,45+,46+,47-,48-,49+/m0/s1. The number of rotatable bonds is 26. The number of nitrogens with one attached hydrogen (secondary N) is 2. The maximum atomic E-state index is 14.7. The quantitative estimate of drug-likeness (QED) is 0.0351. The van der Waals surface area contributed by atoms with E-state index in [-0.39, 0.29) is 61.4 Å². The zero-order valence-corrected chi connectivity index (χ0v) is 46.4. The number of hydrogen-bond acceptors (Lipinski definition) is 12. The van der Waals surface area contributed by atoms with Gasteiger partial charge in [0.15, 0.2) is 0 Å². The van der Waals surface area contributed by atoms with Crippen molar-refractivity contribution < 1.29 is 29.4 Å². The van der Waals surface area contributed by atoms with Gasteiger partial charge in [0.05, 0.1) is 44.4 Å². The van der Waals surface area contributed by atoms with Crippen LogP contribution in [0.1, 0.15) is 122 Å². The van der Waals surface area contributed by atoms with Crippen molar-refractivity contribution in [2.75, 3.05) is 24.6 Å². The highest BCUT2D eigenvalue weighted by Gasteiger charge is 2.43.